The van der Waals surface area contributed by atoms with Gasteiger partial charge in [-0.05, 0) is 39.5 Å². The molecule has 0 unspecified atom stereocenters. The summed E-state index contributed by atoms with van der Waals surface area (Å²) in [5, 5.41) is 0.0243. The fraction of sp³-hybridized carbons (Fsp3) is 0.733. The Kier molecular flexibility index (Phi) is 5.54. The van der Waals surface area contributed by atoms with E-state index < -0.39 is 15.6 Å². The molecule has 1 aromatic heterocycles. The number of carbonyl (C=O) groups excluding carboxylic acids is 1. The van der Waals surface area contributed by atoms with Crippen LogP contribution in [0.5, 0.6) is 0 Å². The number of imidazole rings is 1. The highest BCUT2D eigenvalue weighted by Crippen LogP contribution is 2.19. The number of nitrogens with zero attached hydrogens (tertiary/aromatic N) is 3. The van der Waals surface area contributed by atoms with E-state index in [1.165, 1.54) is 12.5 Å². The quantitative estimate of drug-likeness (QED) is 0.877. The zero-order chi connectivity index (χ0) is 18.0. The van der Waals surface area contributed by atoms with E-state index in [0.717, 1.165) is 12.8 Å². The van der Waals surface area contributed by atoms with Crippen molar-refractivity contribution in [2.45, 2.75) is 44.2 Å². The lowest BCUT2D eigenvalue weighted by Crippen LogP contribution is -2.43. The predicted molar refractivity (Wildman–Crippen MR) is 88.9 cm³/mol. The molecule has 0 spiro atoms. The van der Waals surface area contributed by atoms with Crippen LogP contribution in [0.1, 0.15) is 33.6 Å². The maximum Gasteiger partial charge on any atom is 0.410 e. The van der Waals surface area contributed by atoms with Gasteiger partial charge in [0.2, 0.25) is 0 Å². The topological polar surface area (TPSA) is 93.5 Å². The van der Waals surface area contributed by atoms with E-state index in [1.807, 2.05) is 20.8 Å². The smallest absolute Gasteiger partial charge is 0.410 e. The Labute approximate surface area is 143 Å². The van der Waals surface area contributed by atoms with E-state index in [2.05, 4.69) is 9.71 Å². The van der Waals surface area contributed by atoms with Gasteiger partial charge in [0.15, 0.2) is 5.03 Å². The summed E-state index contributed by atoms with van der Waals surface area (Å²) in [6.45, 7) is 7.01. The van der Waals surface area contributed by atoms with Crippen LogP contribution in [0, 0.1) is 5.92 Å². The van der Waals surface area contributed by atoms with Crippen LogP contribution in [-0.2, 0) is 21.8 Å². The molecule has 0 saturated carbocycles. The number of nitrogens with one attached hydrogen (secondary N) is 1. The lowest BCUT2D eigenvalue weighted by Gasteiger charge is -2.33. The van der Waals surface area contributed by atoms with Crippen LogP contribution < -0.4 is 4.72 Å². The normalized spacial score (nSPS) is 17.1. The largest absolute Gasteiger partial charge is 0.444 e. The summed E-state index contributed by atoms with van der Waals surface area (Å²) in [5.74, 6) is 0.196. The average Bonchev–Trinajstić information content (AvgIpc) is 2.91. The standard InChI is InChI=1S/C15H26N4O4S/c1-15(2,3)23-14(20)19-7-5-12(6-8-19)9-17-24(21,22)13-10-18(4)11-16-13/h10-12,17H,5-9H2,1-4H3. The third-order valence-electron chi connectivity index (χ3n) is 3.78. The highest BCUT2D eigenvalue weighted by Gasteiger charge is 2.28. The van der Waals surface area contributed by atoms with Crippen molar-refractivity contribution in [1.29, 1.82) is 0 Å². The van der Waals surface area contributed by atoms with Gasteiger partial charge in [0.1, 0.15) is 5.60 Å². The van der Waals surface area contributed by atoms with Gasteiger partial charge in [-0.2, -0.15) is 0 Å². The number of hydrogen-bond acceptors (Lipinski definition) is 5. The maximum atomic E-state index is 12.1. The maximum absolute atomic E-state index is 12.1. The zero-order valence-electron chi connectivity index (χ0n) is 14.7. The molecule has 2 heterocycles. The van der Waals surface area contributed by atoms with Crippen LogP contribution in [0.3, 0.4) is 0 Å². The van der Waals surface area contributed by atoms with E-state index >= 15 is 0 Å². The molecule has 24 heavy (non-hydrogen) atoms. The first-order valence-electron chi connectivity index (χ1n) is 8.02. The summed E-state index contributed by atoms with van der Waals surface area (Å²) in [5.41, 5.74) is -0.508. The van der Waals surface area contributed by atoms with Crippen molar-refractivity contribution >= 4 is 16.1 Å². The number of amides is 1. The minimum atomic E-state index is -3.58. The van der Waals surface area contributed by atoms with Crippen molar-refractivity contribution in [2.24, 2.45) is 13.0 Å². The first kappa shape index (κ1) is 18.7. The van der Waals surface area contributed by atoms with Crippen molar-refractivity contribution in [2.75, 3.05) is 19.6 Å². The van der Waals surface area contributed by atoms with Crippen LogP contribution in [0.4, 0.5) is 4.79 Å². The molecule has 1 N–H and O–H groups in total. The van der Waals surface area contributed by atoms with Crippen molar-refractivity contribution in [3.63, 3.8) is 0 Å². The monoisotopic (exact) mass is 358 g/mol. The molecule has 0 bridgehead atoms. The molecule has 1 aliphatic heterocycles. The molecule has 0 aromatic carbocycles. The van der Waals surface area contributed by atoms with Gasteiger partial charge in [-0.15, -0.1) is 0 Å². The first-order valence-corrected chi connectivity index (χ1v) is 9.51. The lowest BCUT2D eigenvalue weighted by atomic mass is 9.97. The molecule has 8 nitrogen and oxygen atoms in total. The number of aromatic nitrogens is 2. The molecule has 136 valence electrons. The van der Waals surface area contributed by atoms with Crippen molar-refractivity contribution in [3.05, 3.63) is 12.5 Å². The molecule has 2 rings (SSSR count). The number of hydrogen-bond donors (Lipinski definition) is 1. The Balaban J connectivity index is 1.80. The highest BCUT2D eigenvalue weighted by atomic mass is 32.2. The minimum Gasteiger partial charge on any atom is -0.444 e. The summed E-state index contributed by atoms with van der Waals surface area (Å²) in [6, 6.07) is 0. The number of ether oxygens (including phenoxy) is 1. The number of piperidine rings is 1. The number of rotatable bonds is 4. The average molecular weight is 358 g/mol. The number of sulfonamides is 1. The van der Waals surface area contributed by atoms with Gasteiger partial charge in [-0.25, -0.2) is 22.9 Å². The van der Waals surface area contributed by atoms with Gasteiger partial charge < -0.3 is 14.2 Å². The second-order valence-electron chi connectivity index (χ2n) is 7.14. The van der Waals surface area contributed by atoms with Gasteiger partial charge in [-0.1, -0.05) is 0 Å². The number of carbonyl (C=O) groups is 1. The minimum absolute atomic E-state index is 0.0243. The van der Waals surface area contributed by atoms with E-state index in [0.29, 0.717) is 19.6 Å². The van der Waals surface area contributed by atoms with E-state index in [1.54, 1.807) is 16.5 Å². The molecule has 1 saturated heterocycles. The fourth-order valence-electron chi connectivity index (χ4n) is 2.48. The van der Waals surface area contributed by atoms with Crippen molar-refractivity contribution in [3.8, 4) is 0 Å². The zero-order valence-corrected chi connectivity index (χ0v) is 15.5. The molecule has 0 atom stereocenters. The molecule has 1 fully saturated rings. The van der Waals surface area contributed by atoms with Crippen LogP contribution >= 0.6 is 0 Å². The Bertz CT molecular complexity index is 670. The molecule has 9 heteroatoms. The highest BCUT2D eigenvalue weighted by molar-refractivity contribution is 7.89. The molecular formula is C15H26N4O4S. The number of likely N-dealkylation sites (tertiary alicyclic amines) is 1. The van der Waals surface area contributed by atoms with Gasteiger partial charge >= 0.3 is 6.09 Å². The summed E-state index contributed by atoms with van der Waals surface area (Å²) in [6.07, 6.45) is 4.09. The van der Waals surface area contributed by atoms with Crippen LogP contribution in [0.2, 0.25) is 0 Å². The van der Waals surface area contributed by atoms with Crippen LogP contribution in [0.25, 0.3) is 0 Å². The molecule has 1 aliphatic rings. The van der Waals surface area contributed by atoms with E-state index in [-0.39, 0.29) is 17.0 Å². The van der Waals surface area contributed by atoms with E-state index in [9.17, 15) is 13.2 Å². The second-order valence-corrected chi connectivity index (χ2v) is 8.85. The predicted octanol–water partition coefficient (Wildman–Crippen LogP) is 1.35. The molecule has 1 amide bonds. The van der Waals surface area contributed by atoms with Crippen LogP contribution in [-0.4, -0.2) is 54.2 Å². The van der Waals surface area contributed by atoms with Gasteiger partial charge in [0, 0.05) is 32.9 Å². The third kappa shape index (κ3) is 5.20. The molecule has 0 aliphatic carbocycles. The summed E-state index contributed by atoms with van der Waals surface area (Å²) < 4.78 is 33.8. The van der Waals surface area contributed by atoms with Crippen LogP contribution in [0.15, 0.2) is 17.6 Å². The Morgan fingerprint density at radius 2 is 2.00 bits per heavy atom. The second kappa shape index (κ2) is 7.10. The molecular weight excluding hydrogens is 332 g/mol. The Morgan fingerprint density at radius 3 is 2.50 bits per heavy atom. The van der Waals surface area contributed by atoms with Crippen molar-refractivity contribution < 1.29 is 17.9 Å². The van der Waals surface area contributed by atoms with Gasteiger partial charge in [0.25, 0.3) is 10.0 Å². The lowest BCUT2D eigenvalue weighted by molar-refractivity contribution is 0.0185. The van der Waals surface area contributed by atoms with Gasteiger partial charge in [-0.3, -0.25) is 0 Å². The first-order chi connectivity index (χ1) is 11.1. The van der Waals surface area contributed by atoms with Gasteiger partial charge in [0.05, 0.1) is 6.33 Å². The Hall–Kier alpha value is -1.61. The SMILES string of the molecule is Cn1cnc(S(=O)(=O)NCC2CCN(C(=O)OC(C)(C)C)CC2)c1. The third-order valence-corrected chi connectivity index (χ3v) is 5.09. The summed E-state index contributed by atoms with van der Waals surface area (Å²) >= 11 is 0. The summed E-state index contributed by atoms with van der Waals surface area (Å²) in [4.78, 5) is 17.5. The van der Waals surface area contributed by atoms with Crippen molar-refractivity contribution in [1.82, 2.24) is 19.2 Å². The number of aryl methyl sites for hydroxylation is 1. The molecule has 0 radical (unpaired) electrons. The Morgan fingerprint density at radius 1 is 1.38 bits per heavy atom. The summed E-state index contributed by atoms with van der Waals surface area (Å²) in [7, 11) is -1.86. The fourth-order valence-corrected chi connectivity index (χ4v) is 3.57. The van der Waals surface area contributed by atoms with E-state index in [4.69, 9.17) is 4.74 Å². The molecule has 1 aromatic rings.